The number of ether oxygens (including phenoxy) is 2. The Bertz CT molecular complexity index is 497. The number of carbonyl (C=O) groups excluding carboxylic acids is 1. The lowest BCUT2D eigenvalue weighted by atomic mass is 9.99. The number of hydrogen-bond acceptors (Lipinski definition) is 4. The molecule has 0 aromatic heterocycles. The van der Waals surface area contributed by atoms with E-state index in [0.717, 1.165) is 19.4 Å². The average Bonchev–Trinajstić information content (AvgIpc) is 2.49. The number of piperidine rings is 1. The number of benzene rings is 1. The lowest BCUT2D eigenvalue weighted by Gasteiger charge is -2.22. The number of halogens is 3. The van der Waals surface area contributed by atoms with Crippen LogP contribution >= 0.6 is 12.4 Å². The predicted molar refractivity (Wildman–Crippen MR) is 81.1 cm³/mol. The van der Waals surface area contributed by atoms with E-state index in [0.29, 0.717) is 12.3 Å². The lowest BCUT2D eigenvalue weighted by molar-refractivity contribution is -0.120. The Kier molecular flexibility index (Phi) is 7.34. The zero-order valence-electron chi connectivity index (χ0n) is 12.1. The summed E-state index contributed by atoms with van der Waals surface area (Å²) in [6.07, 6.45) is 1.68. The van der Waals surface area contributed by atoms with E-state index in [1.807, 2.05) is 0 Å². The van der Waals surface area contributed by atoms with Gasteiger partial charge in [-0.1, -0.05) is 0 Å². The van der Waals surface area contributed by atoms with Crippen molar-refractivity contribution in [3.8, 4) is 11.5 Å². The highest BCUT2D eigenvalue weighted by Gasteiger charge is 2.22. The van der Waals surface area contributed by atoms with E-state index in [-0.39, 0.29) is 35.7 Å². The molecule has 1 aromatic carbocycles. The van der Waals surface area contributed by atoms with E-state index >= 15 is 0 Å². The van der Waals surface area contributed by atoms with Crippen LogP contribution in [0.5, 0.6) is 11.5 Å². The number of amides is 1. The molecule has 0 spiro atoms. The molecule has 1 atom stereocenters. The molecule has 5 nitrogen and oxygen atoms in total. The van der Waals surface area contributed by atoms with Crippen LogP contribution in [-0.4, -0.2) is 32.7 Å². The van der Waals surface area contributed by atoms with Gasteiger partial charge < -0.3 is 20.1 Å². The van der Waals surface area contributed by atoms with Crippen molar-refractivity contribution in [1.29, 1.82) is 0 Å². The second kappa shape index (κ2) is 8.75. The minimum atomic E-state index is -2.95. The van der Waals surface area contributed by atoms with E-state index in [1.54, 1.807) is 0 Å². The van der Waals surface area contributed by atoms with Crippen molar-refractivity contribution in [3.05, 3.63) is 18.2 Å². The number of alkyl halides is 2. The van der Waals surface area contributed by atoms with Gasteiger partial charge in [-0.05, 0) is 31.5 Å². The first-order valence-corrected chi connectivity index (χ1v) is 6.74. The van der Waals surface area contributed by atoms with Gasteiger partial charge in [0.15, 0.2) is 0 Å². The largest absolute Gasteiger partial charge is 0.497 e. The molecule has 1 fully saturated rings. The summed E-state index contributed by atoms with van der Waals surface area (Å²) in [4.78, 5) is 12.2. The van der Waals surface area contributed by atoms with Gasteiger partial charge in [-0.15, -0.1) is 12.4 Å². The smallest absolute Gasteiger partial charge is 0.387 e. The van der Waals surface area contributed by atoms with E-state index < -0.39 is 6.61 Å². The highest BCUT2D eigenvalue weighted by Crippen LogP contribution is 2.31. The summed E-state index contributed by atoms with van der Waals surface area (Å²) < 4.78 is 34.2. The zero-order valence-corrected chi connectivity index (χ0v) is 12.9. The summed E-state index contributed by atoms with van der Waals surface area (Å²) in [5.74, 6) is -0.0180. The van der Waals surface area contributed by atoms with E-state index in [9.17, 15) is 13.6 Å². The van der Waals surface area contributed by atoms with E-state index in [4.69, 9.17) is 4.74 Å². The third-order valence-corrected chi connectivity index (χ3v) is 3.33. The van der Waals surface area contributed by atoms with Crippen molar-refractivity contribution >= 4 is 24.0 Å². The highest BCUT2D eigenvalue weighted by atomic mass is 35.5. The van der Waals surface area contributed by atoms with Crippen LogP contribution in [0.2, 0.25) is 0 Å². The molecule has 1 aliphatic heterocycles. The fourth-order valence-corrected chi connectivity index (χ4v) is 2.24. The normalized spacial score (nSPS) is 17.5. The standard InChI is InChI=1S/C14H18F2N2O3.ClH/c1-20-10-4-5-12(21-14(15)16)11(7-10)18-13(19)9-3-2-6-17-8-9;/h4-5,7,9,14,17H,2-3,6,8H2,1H3,(H,18,19);1H. The van der Waals surface area contributed by atoms with E-state index in [2.05, 4.69) is 15.4 Å². The molecule has 0 bridgehead atoms. The van der Waals surface area contributed by atoms with Crippen molar-refractivity contribution in [2.75, 3.05) is 25.5 Å². The van der Waals surface area contributed by atoms with Crippen molar-refractivity contribution in [2.24, 2.45) is 5.92 Å². The molecule has 1 amide bonds. The Morgan fingerprint density at radius 1 is 1.45 bits per heavy atom. The van der Waals surface area contributed by atoms with Crippen LogP contribution in [-0.2, 0) is 4.79 Å². The number of methoxy groups -OCH3 is 1. The number of carbonyl (C=O) groups is 1. The van der Waals surface area contributed by atoms with Crippen LogP contribution in [0.3, 0.4) is 0 Å². The summed E-state index contributed by atoms with van der Waals surface area (Å²) in [6, 6.07) is 4.31. The van der Waals surface area contributed by atoms with Gasteiger partial charge >= 0.3 is 6.61 Å². The Hall–Kier alpha value is -1.60. The minimum Gasteiger partial charge on any atom is -0.497 e. The quantitative estimate of drug-likeness (QED) is 0.868. The molecule has 1 unspecified atom stereocenters. The third kappa shape index (κ3) is 4.99. The van der Waals surface area contributed by atoms with Crippen LogP contribution in [0.1, 0.15) is 12.8 Å². The van der Waals surface area contributed by atoms with Crippen molar-refractivity contribution in [3.63, 3.8) is 0 Å². The second-order valence-electron chi connectivity index (χ2n) is 4.77. The Morgan fingerprint density at radius 2 is 2.23 bits per heavy atom. The molecule has 22 heavy (non-hydrogen) atoms. The Labute approximate surface area is 133 Å². The first-order chi connectivity index (χ1) is 10.1. The van der Waals surface area contributed by atoms with Gasteiger partial charge in [0.25, 0.3) is 0 Å². The van der Waals surface area contributed by atoms with Gasteiger partial charge in [-0.3, -0.25) is 4.79 Å². The topological polar surface area (TPSA) is 59.6 Å². The van der Waals surface area contributed by atoms with Crippen molar-refractivity contribution in [1.82, 2.24) is 5.32 Å². The van der Waals surface area contributed by atoms with Crippen LogP contribution < -0.4 is 20.1 Å². The second-order valence-corrected chi connectivity index (χ2v) is 4.77. The van der Waals surface area contributed by atoms with E-state index in [1.165, 1.54) is 25.3 Å². The Morgan fingerprint density at radius 3 is 2.82 bits per heavy atom. The first-order valence-electron chi connectivity index (χ1n) is 6.74. The number of anilines is 1. The average molecular weight is 337 g/mol. The molecule has 2 rings (SSSR count). The maximum Gasteiger partial charge on any atom is 0.387 e. The maximum atomic E-state index is 12.4. The van der Waals surface area contributed by atoms with Crippen molar-refractivity contribution in [2.45, 2.75) is 19.5 Å². The molecule has 1 aliphatic rings. The molecule has 1 saturated heterocycles. The monoisotopic (exact) mass is 336 g/mol. The molecule has 0 saturated carbocycles. The van der Waals surface area contributed by atoms with Gasteiger partial charge in [0.1, 0.15) is 11.5 Å². The van der Waals surface area contributed by atoms with Gasteiger partial charge in [0.05, 0.1) is 18.7 Å². The molecule has 124 valence electrons. The molecule has 1 heterocycles. The van der Waals surface area contributed by atoms with Gasteiger partial charge in [0, 0.05) is 12.6 Å². The van der Waals surface area contributed by atoms with Gasteiger partial charge in [-0.25, -0.2) is 0 Å². The van der Waals surface area contributed by atoms with Crippen LogP contribution in [0.15, 0.2) is 18.2 Å². The summed E-state index contributed by atoms with van der Waals surface area (Å²) in [5.41, 5.74) is 0.185. The molecule has 2 N–H and O–H groups in total. The van der Waals surface area contributed by atoms with Crippen molar-refractivity contribution < 1.29 is 23.0 Å². The number of hydrogen-bond donors (Lipinski definition) is 2. The highest BCUT2D eigenvalue weighted by molar-refractivity contribution is 5.94. The Balaban J connectivity index is 0.00000242. The maximum absolute atomic E-state index is 12.4. The van der Waals surface area contributed by atoms with Gasteiger partial charge in [-0.2, -0.15) is 8.78 Å². The summed E-state index contributed by atoms with van der Waals surface area (Å²) in [7, 11) is 1.46. The minimum absolute atomic E-state index is 0. The summed E-state index contributed by atoms with van der Waals surface area (Å²) in [6.45, 7) is -1.48. The molecular weight excluding hydrogens is 318 g/mol. The fourth-order valence-electron chi connectivity index (χ4n) is 2.24. The molecule has 0 radical (unpaired) electrons. The molecule has 0 aliphatic carbocycles. The predicted octanol–water partition coefficient (Wildman–Crippen LogP) is 2.66. The fraction of sp³-hybridized carbons (Fsp3) is 0.500. The first kappa shape index (κ1) is 18.4. The number of rotatable bonds is 5. The van der Waals surface area contributed by atoms with Crippen LogP contribution in [0.25, 0.3) is 0 Å². The van der Waals surface area contributed by atoms with Gasteiger partial charge in [0.2, 0.25) is 5.91 Å². The summed E-state index contributed by atoms with van der Waals surface area (Å²) >= 11 is 0. The summed E-state index contributed by atoms with van der Waals surface area (Å²) in [5, 5.41) is 5.78. The molecular formula is C14H19ClF2N2O3. The number of nitrogens with one attached hydrogen (secondary N) is 2. The molecule has 8 heteroatoms. The molecule has 1 aromatic rings. The van der Waals surface area contributed by atoms with Crippen LogP contribution in [0.4, 0.5) is 14.5 Å². The van der Waals surface area contributed by atoms with Crippen LogP contribution in [0, 0.1) is 5.92 Å². The lowest BCUT2D eigenvalue weighted by Crippen LogP contribution is -2.37. The SMILES string of the molecule is COc1ccc(OC(F)F)c(NC(=O)C2CCCNC2)c1.Cl. The third-order valence-electron chi connectivity index (χ3n) is 3.33. The zero-order chi connectivity index (χ0) is 15.2.